The maximum Gasteiger partial charge on any atom is 0.251 e. The molecule has 170 valence electrons. The molecular formula is C26H33N3O3. The average molecular weight is 436 g/mol. The number of nitrogens with one attached hydrogen (secondary N) is 1. The SMILES string of the molecule is O=C(NC1CCC(CCN2CCN(c3cccc4c3OCO4)CC2)CC1)c1ccccc1. The van der Waals surface area contributed by atoms with Gasteiger partial charge in [-0.15, -0.1) is 0 Å². The van der Waals surface area contributed by atoms with Crippen molar-refractivity contribution >= 4 is 11.6 Å². The lowest BCUT2D eigenvalue weighted by atomic mass is 9.84. The molecule has 2 aromatic carbocycles. The average Bonchev–Trinajstić information content (AvgIpc) is 3.34. The number of hydrogen-bond acceptors (Lipinski definition) is 5. The van der Waals surface area contributed by atoms with Crippen LogP contribution in [0.5, 0.6) is 11.5 Å². The maximum absolute atomic E-state index is 12.4. The van der Waals surface area contributed by atoms with Gasteiger partial charge in [-0.05, 0) is 68.8 Å². The van der Waals surface area contributed by atoms with Crippen molar-refractivity contribution in [3.63, 3.8) is 0 Å². The van der Waals surface area contributed by atoms with Crippen molar-refractivity contribution in [1.82, 2.24) is 10.2 Å². The van der Waals surface area contributed by atoms with Gasteiger partial charge in [-0.2, -0.15) is 0 Å². The van der Waals surface area contributed by atoms with E-state index >= 15 is 0 Å². The number of benzene rings is 2. The van der Waals surface area contributed by atoms with Crippen LogP contribution in [0.3, 0.4) is 0 Å². The van der Waals surface area contributed by atoms with Crippen LogP contribution in [0.15, 0.2) is 48.5 Å². The van der Waals surface area contributed by atoms with Gasteiger partial charge in [-0.25, -0.2) is 0 Å². The van der Waals surface area contributed by atoms with Crippen LogP contribution in [-0.2, 0) is 0 Å². The highest BCUT2D eigenvalue weighted by Gasteiger charge is 2.26. The number of carbonyl (C=O) groups is 1. The summed E-state index contributed by atoms with van der Waals surface area (Å²) in [6.07, 6.45) is 5.88. The Hall–Kier alpha value is -2.73. The summed E-state index contributed by atoms with van der Waals surface area (Å²) in [6, 6.07) is 16.0. The van der Waals surface area contributed by atoms with Gasteiger partial charge in [-0.3, -0.25) is 9.69 Å². The van der Waals surface area contributed by atoms with Gasteiger partial charge < -0.3 is 19.7 Å². The molecule has 1 saturated carbocycles. The quantitative estimate of drug-likeness (QED) is 0.746. The molecule has 6 heteroatoms. The van der Waals surface area contributed by atoms with E-state index < -0.39 is 0 Å². The van der Waals surface area contributed by atoms with Crippen molar-refractivity contribution in [3.8, 4) is 11.5 Å². The summed E-state index contributed by atoms with van der Waals surface area (Å²) in [7, 11) is 0. The van der Waals surface area contributed by atoms with E-state index in [1.165, 1.54) is 25.8 Å². The largest absolute Gasteiger partial charge is 0.454 e. The molecule has 1 aliphatic carbocycles. The molecule has 1 amide bonds. The maximum atomic E-state index is 12.4. The van der Waals surface area contributed by atoms with Gasteiger partial charge in [-0.1, -0.05) is 24.3 Å². The lowest BCUT2D eigenvalue weighted by Crippen LogP contribution is -2.47. The van der Waals surface area contributed by atoms with Crippen molar-refractivity contribution in [2.75, 3.05) is 44.4 Å². The highest BCUT2D eigenvalue weighted by atomic mass is 16.7. The van der Waals surface area contributed by atoms with E-state index in [1.807, 2.05) is 42.5 Å². The second-order valence-corrected chi connectivity index (χ2v) is 9.19. The first-order chi connectivity index (χ1) is 15.8. The number of fused-ring (bicyclic) bond motifs is 1. The zero-order chi connectivity index (χ0) is 21.8. The van der Waals surface area contributed by atoms with Crippen LogP contribution >= 0.6 is 0 Å². The number of nitrogens with zero attached hydrogens (tertiary/aromatic N) is 2. The normalized spacial score (nSPS) is 23.2. The fourth-order valence-corrected chi connectivity index (χ4v) is 5.20. The molecule has 3 aliphatic rings. The third-order valence-corrected chi connectivity index (χ3v) is 7.16. The molecule has 0 bridgehead atoms. The Morgan fingerprint density at radius 2 is 1.69 bits per heavy atom. The first-order valence-corrected chi connectivity index (χ1v) is 12.0. The summed E-state index contributed by atoms with van der Waals surface area (Å²) in [5, 5.41) is 3.23. The second-order valence-electron chi connectivity index (χ2n) is 9.19. The lowest BCUT2D eigenvalue weighted by molar-refractivity contribution is 0.0919. The van der Waals surface area contributed by atoms with Gasteiger partial charge in [0, 0.05) is 37.8 Å². The third-order valence-electron chi connectivity index (χ3n) is 7.16. The minimum atomic E-state index is 0.0629. The van der Waals surface area contributed by atoms with Gasteiger partial charge in [0.1, 0.15) is 0 Å². The van der Waals surface area contributed by atoms with Gasteiger partial charge >= 0.3 is 0 Å². The van der Waals surface area contributed by atoms with Crippen LogP contribution in [0.1, 0.15) is 42.5 Å². The van der Waals surface area contributed by atoms with Crippen molar-refractivity contribution in [1.29, 1.82) is 0 Å². The first kappa shape index (κ1) is 21.1. The van der Waals surface area contributed by atoms with E-state index in [-0.39, 0.29) is 5.91 Å². The Morgan fingerprint density at radius 1 is 0.906 bits per heavy atom. The summed E-state index contributed by atoms with van der Waals surface area (Å²) in [5.74, 6) is 2.60. The molecule has 0 radical (unpaired) electrons. The lowest BCUT2D eigenvalue weighted by Gasteiger charge is -2.37. The highest BCUT2D eigenvalue weighted by Crippen LogP contribution is 2.41. The minimum absolute atomic E-state index is 0.0629. The number of amides is 1. The molecule has 32 heavy (non-hydrogen) atoms. The fraction of sp³-hybridized carbons (Fsp3) is 0.500. The number of piperazine rings is 1. The Labute approximate surface area is 190 Å². The monoisotopic (exact) mass is 435 g/mol. The highest BCUT2D eigenvalue weighted by molar-refractivity contribution is 5.94. The van der Waals surface area contributed by atoms with Gasteiger partial charge in [0.15, 0.2) is 11.5 Å². The van der Waals surface area contributed by atoms with Crippen LogP contribution in [0, 0.1) is 5.92 Å². The predicted molar refractivity (Wildman–Crippen MR) is 125 cm³/mol. The van der Waals surface area contributed by atoms with Crippen molar-refractivity contribution in [2.24, 2.45) is 5.92 Å². The zero-order valence-corrected chi connectivity index (χ0v) is 18.7. The van der Waals surface area contributed by atoms with E-state index in [4.69, 9.17) is 9.47 Å². The van der Waals surface area contributed by atoms with E-state index in [0.717, 1.165) is 67.7 Å². The Balaban J connectivity index is 1.02. The molecule has 2 aromatic rings. The number of ether oxygens (including phenoxy) is 2. The van der Waals surface area contributed by atoms with Gasteiger partial charge in [0.25, 0.3) is 5.91 Å². The number of para-hydroxylation sites is 1. The van der Waals surface area contributed by atoms with Gasteiger partial charge in [0.05, 0.1) is 5.69 Å². The molecule has 5 rings (SSSR count). The van der Waals surface area contributed by atoms with Crippen molar-refractivity contribution in [3.05, 3.63) is 54.1 Å². The predicted octanol–water partition coefficient (Wildman–Crippen LogP) is 3.92. The van der Waals surface area contributed by atoms with Gasteiger partial charge in [0.2, 0.25) is 6.79 Å². The summed E-state index contributed by atoms with van der Waals surface area (Å²) in [5.41, 5.74) is 1.92. The van der Waals surface area contributed by atoms with E-state index in [0.29, 0.717) is 12.8 Å². The minimum Gasteiger partial charge on any atom is -0.454 e. The fourth-order valence-electron chi connectivity index (χ4n) is 5.20. The third kappa shape index (κ3) is 4.85. The molecule has 0 aromatic heterocycles. The topological polar surface area (TPSA) is 54.0 Å². The first-order valence-electron chi connectivity index (χ1n) is 12.0. The van der Waals surface area contributed by atoms with Crippen LogP contribution < -0.4 is 19.7 Å². The van der Waals surface area contributed by atoms with Crippen LogP contribution in [-0.4, -0.2) is 56.4 Å². The second kappa shape index (κ2) is 9.82. The molecule has 2 fully saturated rings. The summed E-state index contributed by atoms with van der Waals surface area (Å²) in [4.78, 5) is 17.4. The zero-order valence-electron chi connectivity index (χ0n) is 18.7. The summed E-state index contributed by atoms with van der Waals surface area (Å²) in [6.45, 7) is 5.73. The Kier molecular flexibility index (Phi) is 6.49. The summed E-state index contributed by atoms with van der Waals surface area (Å²) < 4.78 is 11.2. The molecule has 1 N–H and O–H groups in total. The standard InChI is InChI=1S/C26H33N3O3/c30-26(21-5-2-1-3-6-21)27-22-11-9-20(10-12-22)13-14-28-15-17-29(18-16-28)23-7-4-8-24-25(23)32-19-31-24/h1-8,20,22H,9-19H2,(H,27,30). The summed E-state index contributed by atoms with van der Waals surface area (Å²) >= 11 is 0. The molecular weight excluding hydrogens is 402 g/mol. The molecule has 0 atom stereocenters. The van der Waals surface area contributed by atoms with Crippen molar-refractivity contribution in [2.45, 2.75) is 38.1 Å². The number of carbonyl (C=O) groups excluding carboxylic acids is 1. The number of anilines is 1. The number of rotatable bonds is 6. The van der Waals surface area contributed by atoms with E-state index in [1.54, 1.807) is 0 Å². The van der Waals surface area contributed by atoms with Crippen molar-refractivity contribution < 1.29 is 14.3 Å². The van der Waals surface area contributed by atoms with E-state index in [2.05, 4.69) is 21.2 Å². The Morgan fingerprint density at radius 3 is 2.47 bits per heavy atom. The Bertz CT molecular complexity index is 904. The van der Waals surface area contributed by atoms with Crippen LogP contribution in [0.4, 0.5) is 5.69 Å². The smallest absolute Gasteiger partial charge is 0.251 e. The van der Waals surface area contributed by atoms with E-state index in [9.17, 15) is 4.79 Å². The molecule has 6 nitrogen and oxygen atoms in total. The van der Waals surface area contributed by atoms with Crippen LogP contribution in [0.2, 0.25) is 0 Å². The van der Waals surface area contributed by atoms with Crippen LogP contribution in [0.25, 0.3) is 0 Å². The molecule has 2 heterocycles. The molecule has 2 aliphatic heterocycles. The number of hydrogen-bond donors (Lipinski definition) is 1. The molecule has 0 unspecified atom stereocenters. The molecule has 0 spiro atoms. The molecule has 1 saturated heterocycles.